The average Bonchev–Trinajstić information content (AvgIpc) is 3.18. The van der Waals surface area contributed by atoms with Crippen molar-refractivity contribution in [2.24, 2.45) is 11.3 Å². The van der Waals surface area contributed by atoms with Crippen molar-refractivity contribution >= 4 is 17.9 Å². The van der Waals surface area contributed by atoms with Crippen molar-refractivity contribution in [3.63, 3.8) is 0 Å². The number of alkyl carbamates (subject to hydrolysis) is 1. The van der Waals surface area contributed by atoms with Crippen LogP contribution in [0.1, 0.15) is 53.9 Å². The molecule has 1 heterocycles. The Morgan fingerprint density at radius 3 is 2.59 bits per heavy atom. The molecule has 1 saturated heterocycles. The zero-order valence-corrected chi connectivity index (χ0v) is 15.5. The van der Waals surface area contributed by atoms with Crippen molar-refractivity contribution in [1.82, 2.24) is 10.6 Å². The predicted octanol–water partition coefficient (Wildman–Crippen LogP) is 3.41. The average molecular weight is 329 g/mol. The van der Waals surface area contributed by atoms with Crippen molar-refractivity contribution in [1.29, 1.82) is 0 Å². The molecule has 0 spiro atoms. The van der Waals surface area contributed by atoms with Gasteiger partial charge >= 0.3 is 6.09 Å². The molecule has 0 aromatic carbocycles. The molecule has 128 valence electrons. The Labute approximate surface area is 139 Å². The molecule has 2 aliphatic rings. The minimum absolute atomic E-state index is 0.308. The van der Waals surface area contributed by atoms with Gasteiger partial charge in [0.1, 0.15) is 5.60 Å². The van der Waals surface area contributed by atoms with E-state index in [9.17, 15) is 4.79 Å². The minimum Gasteiger partial charge on any atom is -0.444 e. The smallest absolute Gasteiger partial charge is 0.407 e. The van der Waals surface area contributed by atoms with E-state index in [1.165, 1.54) is 30.8 Å². The van der Waals surface area contributed by atoms with Crippen LogP contribution in [-0.2, 0) is 4.74 Å². The predicted molar refractivity (Wildman–Crippen MR) is 93.4 cm³/mol. The van der Waals surface area contributed by atoms with Gasteiger partial charge in [0, 0.05) is 24.4 Å². The summed E-state index contributed by atoms with van der Waals surface area (Å²) in [6, 6.07) is 0.896. The second-order valence-electron chi connectivity index (χ2n) is 8.36. The summed E-state index contributed by atoms with van der Waals surface area (Å²) in [5.41, 5.74) is -0.0983. The van der Waals surface area contributed by atoms with E-state index in [0.29, 0.717) is 30.0 Å². The number of carbonyl (C=O) groups excluding carboxylic acids is 1. The quantitative estimate of drug-likeness (QED) is 0.812. The Morgan fingerprint density at radius 1 is 1.36 bits per heavy atom. The summed E-state index contributed by atoms with van der Waals surface area (Å²) >= 11 is 2.04. The lowest BCUT2D eigenvalue weighted by Crippen LogP contribution is -2.54. The van der Waals surface area contributed by atoms with Gasteiger partial charge in [-0.3, -0.25) is 0 Å². The summed E-state index contributed by atoms with van der Waals surface area (Å²) in [5.74, 6) is 3.13. The van der Waals surface area contributed by atoms with E-state index in [2.05, 4.69) is 24.5 Å². The number of amides is 1. The van der Waals surface area contributed by atoms with E-state index in [1.54, 1.807) is 0 Å². The van der Waals surface area contributed by atoms with Crippen LogP contribution < -0.4 is 10.6 Å². The summed E-state index contributed by atoms with van der Waals surface area (Å²) in [6.07, 6.45) is 3.49. The summed E-state index contributed by atoms with van der Waals surface area (Å²) in [4.78, 5) is 11.9. The summed E-state index contributed by atoms with van der Waals surface area (Å²) in [5, 5.41) is 6.78. The highest BCUT2D eigenvalue weighted by Gasteiger charge is 2.38. The second-order valence-corrected chi connectivity index (χ2v) is 9.51. The van der Waals surface area contributed by atoms with Crippen LogP contribution in [0.25, 0.3) is 0 Å². The highest BCUT2D eigenvalue weighted by atomic mass is 32.2. The maximum Gasteiger partial charge on any atom is 0.407 e. The van der Waals surface area contributed by atoms with Crippen LogP contribution in [0, 0.1) is 11.3 Å². The number of thioether (sulfide) groups is 1. The Bertz CT molecular complexity index is 389. The fourth-order valence-corrected chi connectivity index (χ4v) is 4.46. The van der Waals surface area contributed by atoms with Gasteiger partial charge in [-0.25, -0.2) is 4.79 Å². The number of ether oxygens (including phenoxy) is 1. The molecule has 22 heavy (non-hydrogen) atoms. The SMILES string of the molecule is CC(C)(C)OC(=O)NCC(NC1CSCCC1(C)C)C1CC1. The standard InChI is InChI=1S/C17H32N2O2S/c1-16(2,3)21-15(20)18-10-13(12-6-7-12)19-14-11-22-9-8-17(14,4)5/h12-14,19H,6-11H2,1-5H3,(H,18,20). The molecule has 4 nitrogen and oxygen atoms in total. The van der Waals surface area contributed by atoms with Crippen molar-refractivity contribution in [2.75, 3.05) is 18.1 Å². The maximum atomic E-state index is 11.9. The molecule has 2 unspecified atom stereocenters. The lowest BCUT2D eigenvalue weighted by atomic mass is 9.81. The van der Waals surface area contributed by atoms with Crippen LogP contribution >= 0.6 is 11.8 Å². The van der Waals surface area contributed by atoms with Crippen LogP contribution in [0.4, 0.5) is 4.79 Å². The number of hydrogen-bond donors (Lipinski definition) is 2. The molecule has 2 rings (SSSR count). The lowest BCUT2D eigenvalue weighted by molar-refractivity contribution is 0.0518. The molecule has 0 radical (unpaired) electrons. The number of hydrogen-bond acceptors (Lipinski definition) is 4. The first-order valence-electron chi connectivity index (χ1n) is 8.48. The first-order valence-corrected chi connectivity index (χ1v) is 9.63. The van der Waals surface area contributed by atoms with Crippen LogP contribution in [0.3, 0.4) is 0 Å². The molecule has 1 aliphatic heterocycles. The van der Waals surface area contributed by atoms with Crippen LogP contribution in [0.15, 0.2) is 0 Å². The Morgan fingerprint density at radius 2 is 2.05 bits per heavy atom. The number of rotatable bonds is 5. The molecule has 0 bridgehead atoms. The first kappa shape index (κ1) is 17.9. The molecular weight excluding hydrogens is 296 g/mol. The van der Waals surface area contributed by atoms with Gasteiger partial charge in [-0.1, -0.05) is 13.8 Å². The molecule has 0 aromatic heterocycles. The van der Waals surface area contributed by atoms with Crippen LogP contribution in [-0.4, -0.2) is 41.8 Å². The van der Waals surface area contributed by atoms with E-state index in [0.717, 1.165) is 0 Å². The molecule has 2 fully saturated rings. The summed E-state index contributed by atoms with van der Waals surface area (Å²) in [7, 11) is 0. The monoisotopic (exact) mass is 328 g/mol. The van der Waals surface area contributed by atoms with Gasteiger partial charge in [-0.15, -0.1) is 0 Å². The third kappa shape index (κ3) is 5.65. The van der Waals surface area contributed by atoms with E-state index >= 15 is 0 Å². The maximum absolute atomic E-state index is 11.9. The molecular formula is C17H32N2O2S. The van der Waals surface area contributed by atoms with E-state index in [-0.39, 0.29) is 6.09 Å². The molecule has 1 saturated carbocycles. The Kier molecular flexibility index (Phi) is 5.70. The van der Waals surface area contributed by atoms with Crippen molar-refractivity contribution in [3.8, 4) is 0 Å². The topological polar surface area (TPSA) is 50.4 Å². The van der Waals surface area contributed by atoms with Crippen molar-refractivity contribution in [3.05, 3.63) is 0 Å². The van der Waals surface area contributed by atoms with E-state index in [1.807, 2.05) is 32.5 Å². The van der Waals surface area contributed by atoms with E-state index < -0.39 is 5.60 Å². The molecule has 1 amide bonds. The highest BCUT2D eigenvalue weighted by molar-refractivity contribution is 7.99. The van der Waals surface area contributed by atoms with Gasteiger partial charge in [0.05, 0.1) is 0 Å². The first-order chi connectivity index (χ1) is 10.2. The number of nitrogens with one attached hydrogen (secondary N) is 2. The molecule has 0 aromatic rings. The largest absolute Gasteiger partial charge is 0.444 e. The third-order valence-electron chi connectivity index (χ3n) is 4.59. The zero-order valence-electron chi connectivity index (χ0n) is 14.7. The van der Waals surface area contributed by atoms with Gasteiger partial charge in [0.2, 0.25) is 0 Å². The Hall–Kier alpha value is -0.420. The van der Waals surface area contributed by atoms with Gasteiger partial charge in [0.25, 0.3) is 0 Å². The number of carbonyl (C=O) groups is 1. The van der Waals surface area contributed by atoms with Gasteiger partial charge in [0.15, 0.2) is 0 Å². The highest BCUT2D eigenvalue weighted by Crippen LogP contribution is 2.37. The molecule has 5 heteroatoms. The van der Waals surface area contributed by atoms with Crippen LogP contribution in [0.5, 0.6) is 0 Å². The zero-order chi connectivity index (χ0) is 16.4. The minimum atomic E-state index is -0.436. The van der Waals surface area contributed by atoms with Crippen LogP contribution in [0.2, 0.25) is 0 Å². The fraction of sp³-hybridized carbons (Fsp3) is 0.941. The van der Waals surface area contributed by atoms with Crippen molar-refractivity contribution < 1.29 is 9.53 Å². The fourth-order valence-electron chi connectivity index (χ4n) is 2.84. The Balaban J connectivity index is 1.84. The molecule has 2 atom stereocenters. The summed E-state index contributed by atoms with van der Waals surface area (Å²) in [6.45, 7) is 11.1. The second kappa shape index (κ2) is 7.00. The molecule has 2 N–H and O–H groups in total. The third-order valence-corrected chi connectivity index (χ3v) is 5.65. The van der Waals surface area contributed by atoms with E-state index in [4.69, 9.17) is 4.74 Å². The normalized spacial score (nSPS) is 26.3. The van der Waals surface area contributed by atoms with Gasteiger partial charge in [-0.05, 0) is 57.1 Å². The lowest BCUT2D eigenvalue weighted by Gasteiger charge is -2.41. The van der Waals surface area contributed by atoms with Gasteiger partial charge < -0.3 is 15.4 Å². The summed E-state index contributed by atoms with van der Waals surface area (Å²) < 4.78 is 5.34. The molecule has 1 aliphatic carbocycles. The van der Waals surface area contributed by atoms with Gasteiger partial charge in [-0.2, -0.15) is 11.8 Å². The van der Waals surface area contributed by atoms with Crippen molar-refractivity contribution in [2.45, 2.75) is 71.6 Å².